The number of pyridine rings is 1. The molecule has 1 aliphatic heterocycles. The third kappa shape index (κ3) is 3.43. The molecule has 1 aromatic rings. The van der Waals surface area contributed by atoms with Crippen LogP contribution in [0.1, 0.15) is 23.3 Å². The van der Waals surface area contributed by atoms with Gasteiger partial charge in [0.1, 0.15) is 5.69 Å². The van der Waals surface area contributed by atoms with Crippen LogP contribution in [0.4, 0.5) is 5.69 Å². The molecule has 1 fully saturated rings. The Morgan fingerprint density at radius 1 is 1.67 bits per heavy atom. The molecule has 1 aliphatic rings. The number of hydrogen-bond donors (Lipinski definition) is 2. The zero-order valence-corrected chi connectivity index (χ0v) is 10.6. The summed E-state index contributed by atoms with van der Waals surface area (Å²) in [6.45, 7) is 3.16. The van der Waals surface area contributed by atoms with Gasteiger partial charge in [0.25, 0.3) is 0 Å². The molecule has 1 unspecified atom stereocenters. The van der Waals surface area contributed by atoms with E-state index in [0.29, 0.717) is 5.69 Å². The Labute approximate surface area is 107 Å². The number of rotatable bonds is 5. The number of esters is 1. The molecule has 0 aromatic carbocycles. The Morgan fingerprint density at radius 2 is 2.56 bits per heavy atom. The maximum absolute atomic E-state index is 11.3. The van der Waals surface area contributed by atoms with Crippen LogP contribution in [0.2, 0.25) is 0 Å². The van der Waals surface area contributed by atoms with Gasteiger partial charge < -0.3 is 15.4 Å². The second-order valence-electron chi connectivity index (χ2n) is 4.50. The molecule has 1 aromatic heterocycles. The highest BCUT2D eigenvalue weighted by molar-refractivity contribution is 5.88. The fraction of sp³-hybridized carbons (Fsp3) is 0.538. The van der Waals surface area contributed by atoms with Gasteiger partial charge in [-0.15, -0.1) is 0 Å². The SMILES string of the molecule is COC(=O)c1cc(NCCC2CCNC2)ccn1. The van der Waals surface area contributed by atoms with E-state index in [1.807, 2.05) is 6.07 Å². The molecule has 1 atom stereocenters. The Balaban J connectivity index is 1.83. The average molecular weight is 249 g/mol. The first-order valence-corrected chi connectivity index (χ1v) is 6.28. The molecule has 98 valence electrons. The lowest BCUT2D eigenvalue weighted by molar-refractivity contribution is 0.0594. The van der Waals surface area contributed by atoms with E-state index in [2.05, 4.69) is 20.4 Å². The van der Waals surface area contributed by atoms with Crippen LogP contribution in [0, 0.1) is 5.92 Å². The molecule has 2 heterocycles. The highest BCUT2D eigenvalue weighted by Gasteiger charge is 2.13. The van der Waals surface area contributed by atoms with Crippen molar-refractivity contribution in [2.24, 2.45) is 5.92 Å². The maximum atomic E-state index is 11.3. The molecule has 0 spiro atoms. The number of hydrogen-bond acceptors (Lipinski definition) is 5. The first kappa shape index (κ1) is 12.8. The summed E-state index contributed by atoms with van der Waals surface area (Å²) in [6, 6.07) is 3.58. The predicted molar refractivity (Wildman–Crippen MR) is 69.7 cm³/mol. The van der Waals surface area contributed by atoms with E-state index in [4.69, 9.17) is 0 Å². The molecule has 0 bridgehead atoms. The summed E-state index contributed by atoms with van der Waals surface area (Å²) in [5.74, 6) is 0.359. The number of nitrogens with one attached hydrogen (secondary N) is 2. The summed E-state index contributed by atoms with van der Waals surface area (Å²) < 4.78 is 4.64. The van der Waals surface area contributed by atoms with Crippen molar-refractivity contribution in [2.45, 2.75) is 12.8 Å². The van der Waals surface area contributed by atoms with Gasteiger partial charge in [-0.05, 0) is 44.0 Å². The number of carbonyl (C=O) groups is 1. The van der Waals surface area contributed by atoms with Gasteiger partial charge in [-0.2, -0.15) is 0 Å². The van der Waals surface area contributed by atoms with E-state index in [1.54, 1.807) is 12.3 Å². The molecule has 2 rings (SSSR count). The molecule has 5 heteroatoms. The van der Waals surface area contributed by atoms with Crippen LogP contribution in [0.15, 0.2) is 18.3 Å². The van der Waals surface area contributed by atoms with Gasteiger partial charge >= 0.3 is 5.97 Å². The number of anilines is 1. The van der Waals surface area contributed by atoms with Crippen LogP contribution in [0.5, 0.6) is 0 Å². The Morgan fingerprint density at radius 3 is 3.28 bits per heavy atom. The standard InChI is InChI=1S/C13H19N3O2/c1-18-13(17)12-8-11(4-7-16-12)15-6-3-10-2-5-14-9-10/h4,7-8,10,14H,2-3,5-6,9H2,1H3,(H,15,16). The van der Waals surface area contributed by atoms with Gasteiger partial charge in [-0.25, -0.2) is 9.78 Å². The normalized spacial score (nSPS) is 18.6. The van der Waals surface area contributed by atoms with E-state index in [1.165, 1.54) is 13.5 Å². The van der Waals surface area contributed by atoms with E-state index >= 15 is 0 Å². The van der Waals surface area contributed by atoms with E-state index in [0.717, 1.165) is 37.7 Å². The molecule has 0 radical (unpaired) electrons. The van der Waals surface area contributed by atoms with Crippen LogP contribution in [-0.4, -0.2) is 37.7 Å². The minimum absolute atomic E-state index is 0.338. The van der Waals surface area contributed by atoms with Crippen molar-refractivity contribution in [3.05, 3.63) is 24.0 Å². The van der Waals surface area contributed by atoms with Crippen molar-refractivity contribution in [3.63, 3.8) is 0 Å². The second kappa shape index (κ2) is 6.35. The topological polar surface area (TPSA) is 63.2 Å². The van der Waals surface area contributed by atoms with Gasteiger partial charge in [0.15, 0.2) is 0 Å². The highest BCUT2D eigenvalue weighted by Crippen LogP contribution is 2.13. The molecular formula is C13H19N3O2. The zero-order valence-electron chi connectivity index (χ0n) is 10.6. The summed E-state index contributed by atoms with van der Waals surface area (Å²) in [6.07, 6.45) is 4.01. The summed E-state index contributed by atoms with van der Waals surface area (Å²) in [7, 11) is 1.36. The highest BCUT2D eigenvalue weighted by atomic mass is 16.5. The molecule has 18 heavy (non-hydrogen) atoms. The van der Waals surface area contributed by atoms with Crippen molar-refractivity contribution in [3.8, 4) is 0 Å². The number of nitrogens with zero attached hydrogens (tertiary/aromatic N) is 1. The molecule has 0 aliphatic carbocycles. The van der Waals surface area contributed by atoms with Gasteiger partial charge in [-0.3, -0.25) is 0 Å². The second-order valence-corrected chi connectivity index (χ2v) is 4.50. The quantitative estimate of drug-likeness (QED) is 0.770. The first-order chi connectivity index (χ1) is 8.79. The molecule has 0 amide bonds. The fourth-order valence-corrected chi connectivity index (χ4v) is 2.14. The van der Waals surface area contributed by atoms with Gasteiger partial charge in [0.05, 0.1) is 7.11 Å². The zero-order chi connectivity index (χ0) is 12.8. The molecular weight excluding hydrogens is 230 g/mol. The third-order valence-electron chi connectivity index (χ3n) is 3.20. The number of aromatic nitrogens is 1. The lowest BCUT2D eigenvalue weighted by Crippen LogP contribution is -2.13. The summed E-state index contributed by atoms with van der Waals surface area (Å²) in [5, 5.41) is 6.67. The number of carbonyl (C=O) groups excluding carboxylic acids is 1. The van der Waals surface area contributed by atoms with Gasteiger partial charge in [-0.1, -0.05) is 0 Å². The van der Waals surface area contributed by atoms with Crippen LogP contribution < -0.4 is 10.6 Å². The van der Waals surface area contributed by atoms with Crippen LogP contribution >= 0.6 is 0 Å². The summed E-state index contributed by atoms with van der Waals surface area (Å²) >= 11 is 0. The van der Waals surface area contributed by atoms with Crippen molar-refractivity contribution in [1.82, 2.24) is 10.3 Å². The smallest absolute Gasteiger partial charge is 0.356 e. The van der Waals surface area contributed by atoms with Crippen LogP contribution in [0.3, 0.4) is 0 Å². The Hall–Kier alpha value is -1.62. The van der Waals surface area contributed by atoms with Gasteiger partial charge in [0, 0.05) is 18.4 Å². The van der Waals surface area contributed by atoms with Gasteiger partial charge in [0.2, 0.25) is 0 Å². The Kier molecular flexibility index (Phi) is 4.52. The van der Waals surface area contributed by atoms with Crippen molar-refractivity contribution in [1.29, 1.82) is 0 Å². The predicted octanol–water partition coefficient (Wildman–Crippen LogP) is 1.28. The van der Waals surface area contributed by atoms with E-state index < -0.39 is 5.97 Å². The maximum Gasteiger partial charge on any atom is 0.356 e. The third-order valence-corrected chi connectivity index (χ3v) is 3.20. The largest absolute Gasteiger partial charge is 0.464 e. The molecule has 1 saturated heterocycles. The van der Waals surface area contributed by atoms with Crippen molar-refractivity contribution < 1.29 is 9.53 Å². The van der Waals surface area contributed by atoms with E-state index in [9.17, 15) is 4.79 Å². The van der Waals surface area contributed by atoms with E-state index in [-0.39, 0.29) is 0 Å². The average Bonchev–Trinajstić information content (AvgIpc) is 2.91. The number of ether oxygens (including phenoxy) is 1. The minimum Gasteiger partial charge on any atom is -0.464 e. The molecule has 0 saturated carbocycles. The lowest BCUT2D eigenvalue weighted by Gasteiger charge is -2.10. The van der Waals surface area contributed by atoms with Crippen LogP contribution in [-0.2, 0) is 4.74 Å². The lowest BCUT2D eigenvalue weighted by atomic mass is 10.1. The fourth-order valence-electron chi connectivity index (χ4n) is 2.14. The molecule has 2 N–H and O–H groups in total. The minimum atomic E-state index is -0.404. The first-order valence-electron chi connectivity index (χ1n) is 6.28. The van der Waals surface area contributed by atoms with Crippen molar-refractivity contribution >= 4 is 11.7 Å². The monoisotopic (exact) mass is 249 g/mol. The van der Waals surface area contributed by atoms with Crippen molar-refractivity contribution in [2.75, 3.05) is 32.1 Å². The number of methoxy groups -OCH3 is 1. The molecule has 5 nitrogen and oxygen atoms in total. The summed E-state index contributed by atoms with van der Waals surface area (Å²) in [5.41, 5.74) is 1.25. The summed E-state index contributed by atoms with van der Waals surface area (Å²) in [4.78, 5) is 15.3. The Bertz CT molecular complexity index is 403. The van der Waals surface area contributed by atoms with Crippen LogP contribution in [0.25, 0.3) is 0 Å².